The van der Waals surface area contributed by atoms with Gasteiger partial charge in [-0.3, -0.25) is 14.3 Å². The largest absolute Gasteiger partial charge is 0.366 e. The number of sulfonamides is 1. The van der Waals surface area contributed by atoms with Gasteiger partial charge in [0.15, 0.2) is 0 Å². The van der Waals surface area contributed by atoms with Gasteiger partial charge in [0.05, 0.1) is 10.6 Å². The number of nitrogens with one attached hydrogen (secondary N) is 1. The van der Waals surface area contributed by atoms with Crippen molar-refractivity contribution in [2.75, 3.05) is 4.72 Å². The van der Waals surface area contributed by atoms with Crippen LogP contribution >= 0.6 is 0 Å². The van der Waals surface area contributed by atoms with Crippen LogP contribution in [0.1, 0.15) is 20.7 Å². The molecule has 2 amide bonds. The van der Waals surface area contributed by atoms with E-state index in [0.717, 1.165) is 10.8 Å². The van der Waals surface area contributed by atoms with Crippen LogP contribution in [-0.2, 0) is 10.0 Å². The first kappa shape index (κ1) is 17.4. The number of nitrogens with two attached hydrogens (primary N) is 2. The van der Waals surface area contributed by atoms with Crippen LogP contribution in [0.4, 0.5) is 5.69 Å². The first-order valence-corrected chi connectivity index (χ1v) is 9.01. The molecule has 3 rings (SSSR count). The van der Waals surface area contributed by atoms with E-state index >= 15 is 0 Å². The van der Waals surface area contributed by atoms with Crippen molar-refractivity contribution in [1.29, 1.82) is 0 Å². The topological polar surface area (TPSA) is 132 Å². The molecule has 0 spiro atoms. The molecule has 26 heavy (non-hydrogen) atoms. The molecule has 8 heteroatoms. The highest BCUT2D eigenvalue weighted by Crippen LogP contribution is 2.23. The second-order valence-electron chi connectivity index (χ2n) is 5.64. The Labute approximate surface area is 149 Å². The maximum Gasteiger partial charge on any atom is 0.261 e. The zero-order valence-corrected chi connectivity index (χ0v) is 14.3. The molecule has 0 heterocycles. The Morgan fingerprint density at radius 3 is 1.92 bits per heavy atom. The Bertz CT molecular complexity index is 1110. The van der Waals surface area contributed by atoms with Gasteiger partial charge in [0, 0.05) is 11.1 Å². The normalized spacial score (nSPS) is 11.2. The van der Waals surface area contributed by atoms with Gasteiger partial charge in [0.25, 0.3) is 10.0 Å². The van der Waals surface area contributed by atoms with Crippen molar-refractivity contribution in [3.8, 4) is 0 Å². The summed E-state index contributed by atoms with van der Waals surface area (Å²) in [6.45, 7) is 0. The SMILES string of the molecule is NC(=O)c1cc(NS(=O)(=O)c2ccc3ccccc3c2)cc(C(N)=O)c1. The average Bonchev–Trinajstić information content (AvgIpc) is 2.60. The van der Waals surface area contributed by atoms with Crippen LogP contribution in [0, 0.1) is 0 Å². The van der Waals surface area contributed by atoms with Gasteiger partial charge in [-0.15, -0.1) is 0 Å². The lowest BCUT2D eigenvalue weighted by Crippen LogP contribution is -2.18. The summed E-state index contributed by atoms with van der Waals surface area (Å²) in [5.41, 5.74) is 10.4. The summed E-state index contributed by atoms with van der Waals surface area (Å²) in [5.74, 6) is -1.61. The Morgan fingerprint density at radius 1 is 0.769 bits per heavy atom. The van der Waals surface area contributed by atoms with Crippen molar-refractivity contribution >= 4 is 38.3 Å². The Hall–Kier alpha value is -3.39. The molecule has 5 N–H and O–H groups in total. The lowest BCUT2D eigenvalue weighted by molar-refractivity contribution is 0.0999. The standard InChI is InChI=1S/C18H15N3O4S/c19-17(22)13-7-14(18(20)23)9-15(8-13)21-26(24,25)16-6-5-11-3-1-2-4-12(11)10-16/h1-10,21H,(H2,19,22)(H2,20,23). The van der Waals surface area contributed by atoms with Crippen LogP contribution in [0.15, 0.2) is 65.6 Å². The van der Waals surface area contributed by atoms with Crippen molar-refractivity contribution in [3.63, 3.8) is 0 Å². The summed E-state index contributed by atoms with van der Waals surface area (Å²) in [4.78, 5) is 22.8. The highest BCUT2D eigenvalue weighted by atomic mass is 32.2. The Kier molecular flexibility index (Phi) is 4.35. The van der Waals surface area contributed by atoms with Crippen LogP contribution in [-0.4, -0.2) is 20.2 Å². The minimum Gasteiger partial charge on any atom is -0.366 e. The molecule has 0 aliphatic heterocycles. The van der Waals surface area contributed by atoms with Crippen molar-refractivity contribution < 1.29 is 18.0 Å². The number of carbonyl (C=O) groups excluding carboxylic acids is 2. The minimum absolute atomic E-state index is 0.0169. The summed E-state index contributed by atoms with van der Waals surface area (Å²) in [5, 5.41) is 1.66. The maximum absolute atomic E-state index is 12.7. The summed E-state index contributed by atoms with van der Waals surface area (Å²) in [6.07, 6.45) is 0. The second kappa shape index (κ2) is 6.49. The third kappa shape index (κ3) is 3.50. The molecule has 0 saturated carbocycles. The third-order valence-electron chi connectivity index (χ3n) is 3.79. The van der Waals surface area contributed by atoms with Crippen LogP contribution in [0.3, 0.4) is 0 Å². The fourth-order valence-corrected chi connectivity index (χ4v) is 3.59. The Morgan fingerprint density at radius 2 is 1.35 bits per heavy atom. The van der Waals surface area contributed by atoms with Crippen molar-refractivity contribution in [2.24, 2.45) is 11.5 Å². The molecule has 3 aromatic carbocycles. The zero-order chi connectivity index (χ0) is 18.9. The average molecular weight is 369 g/mol. The van der Waals surface area contributed by atoms with Crippen LogP contribution in [0.25, 0.3) is 10.8 Å². The Balaban J connectivity index is 2.03. The highest BCUT2D eigenvalue weighted by Gasteiger charge is 2.17. The van der Waals surface area contributed by atoms with Gasteiger partial charge in [-0.2, -0.15) is 0 Å². The van der Waals surface area contributed by atoms with Crippen molar-refractivity contribution in [1.82, 2.24) is 0 Å². The smallest absolute Gasteiger partial charge is 0.261 e. The molecule has 0 aromatic heterocycles. The fourth-order valence-electron chi connectivity index (χ4n) is 2.52. The van der Waals surface area contributed by atoms with E-state index < -0.39 is 21.8 Å². The lowest BCUT2D eigenvalue weighted by atomic mass is 10.1. The van der Waals surface area contributed by atoms with Gasteiger partial charge in [0.1, 0.15) is 0 Å². The molecule has 0 fully saturated rings. The lowest BCUT2D eigenvalue weighted by Gasteiger charge is -2.11. The number of benzene rings is 3. The summed E-state index contributed by atoms with van der Waals surface area (Å²) >= 11 is 0. The van der Waals surface area contributed by atoms with Crippen LogP contribution in [0.5, 0.6) is 0 Å². The first-order valence-electron chi connectivity index (χ1n) is 7.52. The molecule has 0 aliphatic carbocycles. The predicted molar refractivity (Wildman–Crippen MR) is 98.2 cm³/mol. The number of hydrogen-bond acceptors (Lipinski definition) is 4. The van der Waals surface area contributed by atoms with E-state index in [1.54, 1.807) is 12.1 Å². The second-order valence-corrected chi connectivity index (χ2v) is 7.32. The van der Waals surface area contributed by atoms with Gasteiger partial charge in [0.2, 0.25) is 11.8 Å². The van der Waals surface area contributed by atoms with Gasteiger partial charge in [-0.25, -0.2) is 8.42 Å². The molecular weight excluding hydrogens is 354 g/mol. The monoisotopic (exact) mass is 369 g/mol. The third-order valence-corrected chi connectivity index (χ3v) is 5.16. The molecule has 0 radical (unpaired) electrons. The van der Waals surface area contributed by atoms with E-state index in [2.05, 4.69) is 4.72 Å². The van der Waals surface area contributed by atoms with Crippen LogP contribution < -0.4 is 16.2 Å². The van der Waals surface area contributed by atoms with Gasteiger partial charge < -0.3 is 11.5 Å². The number of carbonyl (C=O) groups is 2. The molecule has 3 aromatic rings. The number of hydrogen-bond donors (Lipinski definition) is 3. The number of primary amides is 2. The van der Waals surface area contributed by atoms with Gasteiger partial charge in [-0.1, -0.05) is 30.3 Å². The quantitative estimate of drug-likeness (QED) is 0.633. The number of rotatable bonds is 5. The van der Waals surface area contributed by atoms with Crippen molar-refractivity contribution in [2.45, 2.75) is 4.90 Å². The van der Waals surface area contributed by atoms with Gasteiger partial charge >= 0.3 is 0 Å². The highest BCUT2D eigenvalue weighted by molar-refractivity contribution is 7.92. The van der Waals surface area contributed by atoms with E-state index in [0.29, 0.717) is 0 Å². The predicted octanol–water partition coefficient (Wildman–Crippen LogP) is 1.84. The van der Waals surface area contributed by atoms with E-state index in [1.165, 1.54) is 30.3 Å². The molecule has 132 valence electrons. The molecule has 0 aliphatic rings. The number of fused-ring (bicyclic) bond motifs is 1. The minimum atomic E-state index is -3.94. The van der Waals surface area contributed by atoms with Crippen molar-refractivity contribution in [3.05, 3.63) is 71.8 Å². The molecular formula is C18H15N3O4S. The summed E-state index contributed by atoms with van der Waals surface area (Å²) in [7, 11) is -3.94. The molecule has 0 saturated heterocycles. The van der Waals surface area contributed by atoms with E-state index in [-0.39, 0.29) is 21.7 Å². The maximum atomic E-state index is 12.7. The van der Waals surface area contributed by atoms with E-state index in [9.17, 15) is 18.0 Å². The van der Waals surface area contributed by atoms with Crippen LogP contribution in [0.2, 0.25) is 0 Å². The number of amides is 2. The van der Waals surface area contributed by atoms with Gasteiger partial charge in [-0.05, 0) is 41.1 Å². The summed E-state index contributed by atoms with van der Waals surface area (Å²) < 4.78 is 27.7. The van der Waals surface area contributed by atoms with E-state index in [1.807, 2.05) is 18.2 Å². The summed E-state index contributed by atoms with van der Waals surface area (Å²) in [6, 6.07) is 15.7. The number of anilines is 1. The zero-order valence-electron chi connectivity index (χ0n) is 13.5. The van der Waals surface area contributed by atoms with E-state index in [4.69, 9.17) is 11.5 Å². The molecule has 0 bridgehead atoms. The molecule has 0 atom stereocenters. The molecule has 0 unspecified atom stereocenters. The molecule has 7 nitrogen and oxygen atoms in total. The first-order chi connectivity index (χ1) is 12.3. The fraction of sp³-hybridized carbons (Fsp3) is 0.